The molecule has 1 amide bonds. The summed E-state index contributed by atoms with van der Waals surface area (Å²) >= 11 is 0. The lowest BCUT2D eigenvalue weighted by Crippen LogP contribution is -2.57. The molecule has 0 aromatic rings. The minimum atomic E-state index is -0.167. The molecule has 4 saturated carbocycles. The average Bonchev–Trinajstić information content (AvgIpc) is 3.15. The van der Waals surface area contributed by atoms with Crippen LogP contribution in [0.5, 0.6) is 0 Å². The first-order valence-corrected chi connectivity index (χ1v) is 14.8. The molecule has 4 fully saturated rings. The number of allylic oxidation sites excluding steroid dienone is 1. The Bertz CT molecular complexity index is 825. The van der Waals surface area contributed by atoms with Gasteiger partial charge in [0.1, 0.15) is 5.78 Å². The van der Waals surface area contributed by atoms with Crippen LogP contribution in [0.2, 0.25) is 0 Å². The van der Waals surface area contributed by atoms with Crippen molar-refractivity contribution in [2.24, 2.45) is 40.4 Å². The molecule has 0 saturated heterocycles. The van der Waals surface area contributed by atoms with Gasteiger partial charge >= 0.3 is 0 Å². The third kappa shape index (κ3) is 5.28. The Morgan fingerprint density at radius 3 is 2.64 bits per heavy atom. The number of rotatable bonds is 10. The van der Waals surface area contributed by atoms with Crippen LogP contribution in [0.15, 0.2) is 12.3 Å². The molecule has 0 aromatic carbocycles. The summed E-state index contributed by atoms with van der Waals surface area (Å²) in [6, 6.07) is 0. The van der Waals surface area contributed by atoms with Gasteiger partial charge in [-0.2, -0.15) is 0 Å². The van der Waals surface area contributed by atoms with E-state index >= 15 is 0 Å². The van der Waals surface area contributed by atoms with Crippen molar-refractivity contribution in [3.63, 3.8) is 0 Å². The highest BCUT2D eigenvalue weighted by molar-refractivity contribution is 5.79. The number of fused-ring (bicyclic) bond motifs is 5. The molecule has 4 rings (SSSR count). The number of Topliss-reactive ketones (excluding diaryl/α,β-unsaturated/α-hetero) is 1. The molecule has 0 radical (unpaired) electrons. The van der Waals surface area contributed by atoms with Crippen LogP contribution in [0, 0.1) is 40.4 Å². The van der Waals surface area contributed by atoms with Crippen LogP contribution in [-0.4, -0.2) is 48.0 Å². The van der Waals surface area contributed by atoms with Gasteiger partial charge < -0.3 is 14.7 Å². The number of aliphatic hydroxyl groups is 1. The minimum Gasteiger partial charge on any atom is -0.499 e. The van der Waals surface area contributed by atoms with Crippen LogP contribution < -0.4 is 0 Å². The summed E-state index contributed by atoms with van der Waals surface area (Å²) in [6.45, 7) is 12.5. The SMILES string of the molecule is C=C(CCC1CC2CC(=O)CCC2(C)C2CCC3(C)C(O)CCC3C12)OCCCC(=O)N(C)CCC. The topological polar surface area (TPSA) is 66.8 Å². The van der Waals surface area contributed by atoms with Crippen molar-refractivity contribution in [3.05, 3.63) is 12.3 Å². The molecule has 0 aromatic heterocycles. The second-order valence-electron chi connectivity index (χ2n) is 13.2. The highest BCUT2D eigenvalue weighted by Crippen LogP contribution is 2.67. The molecule has 4 aliphatic carbocycles. The molecular weight excluding hydrogens is 450 g/mol. The molecule has 5 nitrogen and oxygen atoms in total. The van der Waals surface area contributed by atoms with Gasteiger partial charge in [0.25, 0.3) is 0 Å². The molecule has 1 N–H and O–H groups in total. The minimum absolute atomic E-state index is 0.0537. The van der Waals surface area contributed by atoms with Crippen LogP contribution in [0.3, 0.4) is 0 Å². The van der Waals surface area contributed by atoms with Gasteiger partial charge in [0.2, 0.25) is 5.91 Å². The number of ketones is 1. The first-order valence-electron chi connectivity index (χ1n) is 14.8. The van der Waals surface area contributed by atoms with Gasteiger partial charge in [-0.25, -0.2) is 0 Å². The first kappa shape index (κ1) is 27.7. The van der Waals surface area contributed by atoms with Crippen molar-refractivity contribution in [1.82, 2.24) is 4.90 Å². The first-order chi connectivity index (χ1) is 17.1. The number of carbonyl (C=O) groups is 2. The van der Waals surface area contributed by atoms with Gasteiger partial charge in [0.15, 0.2) is 0 Å². The summed E-state index contributed by atoms with van der Waals surface area (Å²) in [6.07, 6.45) is 12.1. The number of amides is 1. The largest absolute Gasteiger partial charge is 0.499 e. The van der Waals surface area contributed by atoms with Crippen molar-refractivity contribution in [2.75, 3.05) is 20.2 Å². The molecule has 4 aliphatic rings. The highest BCUT2D eigenvalue weighted by Gasteiger charge is 2.62. The number of nitrogens with zero attached hydrogens (tertiary/aromatic N) is 1. The van der Waals surface area contributed by atoms with E-state index in [1.165, 1.54) is 6.42 Å². The van der Waals surface area contributed by atoms with E-state index in [0.717, 1.165) is 82.9 Å². The monoisotopic (exact) mass is 501 g/mol. The van der Waals surface area contributed by atoms with E-state index in [0.29, 0.717) is 48.4 Å². The highest BCUT2D eigenvalue weighted by atomic mass is 16.5. The number of aliphatic hydroxyl groups excluding tert-OH is 1. The maximum Gasteiger partial charge on any atom is 0.222 e. The van der Waals surface area contributed by atoms with Gasteiger partial charge in [-0.15, -0.1) is 0 Å². The maximum atomic E-state index is 12.4. The summed E-state index contributed by atoms with van der Waals surface area (Å²) in [4.78, 5) is 26.4. The number of ether oxygens (including phenoxy) is 1. The molecule has 8 atom stereocenters. The predicted octanol–water partition coefficient (Wildman–Crippen LogP) is 6.14. The fourth-order valence-corrected chi connectivity index (χ4v) is 9.00. The van der Waals surface area contributed by atoms with Crippen LogP contribution in [0.1, 0.15) is 104 Å². The molecule has 5 heteroatoms. The van der Waals surface area contributed by atoms with Gasteiger partial charge in [0, 0.05) is 39.3 Å². The normalized spacial score (nSPS) is 39.6. The molecule has 204 valence electrons. The Hall–Kier alpha value is -1.36. The fourth-order valence-electron chi connectivity index (χ4n) is 9.00. The molecular formula is C31H51NO4. The van der Waals surface area contributed by atoms with E-state index in [1.807, 2.05) is 7.05 Å². The second kappa shape index (κ2) is 11.2. The van der Waals surface area contributed by atoms with Gasteiger partial charge in [-0.3, -0.25) is 9.59 Å². The predicted molar refractivity (Wildman–Crippen MR) is 143 cm³/mol. The summed E-state index contributed by atoms with van der Waals surface area (Å²) < 4.78 is 5.97. The lowest BCUT2D eigenvalue weighted by Gasteiger charge is -2.62. The van der Waals surface area contributed by atoms with Gasteiger partial charge in [0.05, 0.1) is 18.5 Å². The summed E-state index contributed by atoms with van der Waals surface area (Å²) in [5.41, 5.74) is 0.326. The molecule has 0 heterocycles. The summed E-state index contributed by atoms with van der Waals surface area (Å²) in [7, 11) is 1.87. The molecule has 0 aliphatic heterocycles. The number of hydrogen-bond acceptors (Lipinski definition) is 4. The smallest absolute Gasteiger partial charge is 0.222 e. The molecule has 8 unspecified atom stereocenters. The zero-order valence-electron chi connectivity index (χ0n) is 23.4. The Labute approximate surface area is 219 Å². The third-order valence-corrected chi connectivity index (χ3v) is 11.2. The Kier molecular flexibility index (Phi) is 8.59. The lowest BCUT2D eigenvalue weighted by atomic mass is 9.42. The van der Waals surface area contributed by atoms with Crippen molar-refractivity contribution in [2.45, 2.75) is 110 Å². The third-order valence-electron chi connectivity index (χ3n) is 11.2. The van der Waals surface area contributed by atoms with E-state index in [9.17, 15) is 14.7 Å². The Morgan fingerprint density at radius 1 is 1.14 bits per heavy atom. The second-order valence-corrected chi connectivity index (χ2v) is 13.2. The van der Waals surface area contributed by atoms with E-state index in [2.05, 4.69) is 27.4 Å². The van der Waals surface area contributed by atoms with Crippen LogP contribution in [-0.2, 0) is 14.3 Å². The standard InChI is InChI=1S/C31H51NO4/c1-6-17-32(5)28(35)8-7-18-36-21(2)9-10-22-19-23-20-24(33)13-15-30(23,3)26-14-16-31(4)25(29(22)26)11-12-27(31)34/h22-23,25-27,29,34H,2,6-20H2,1,3-5H3. The van der Waals surface area contributed by atoms with Crippen molar-refractivity contribution in [3.8, 4) is 0 Å². The molecule has 0 bridgehead atoms. The van der Waals surface area contributed by atoms with E-state index in [4.69, 9.17) is 4.74 Å². The number of carbonyl (C=O) groups excluding carboxylic acids is 2. The van der Waals surface area contributed by atoms with Gasteiger partial charge in [-0.05, 0) is 98.2 Å². The average molecular weight is 502 g/mol. The van der Waals surface area contributed by atoms with Gasteiger partial charge in [-0.1, -0.05) is 27.4 Å². The zero-order valence-corrected chi connectivity index (χ0v) is 23.4. The summed E-state index contributed by atoms with van der Waals surface area (Å²) in [5.74, 6) is 4.43. The lowest BCUT2D eigenvalue weighted by molar-refractivity contribution is -0.156. The quantitative estimate of drug-likeness (QED) is 0.288. The van der Waals surface area contributed by atoms with Crippen LogP contribution in [0.4, 0.5) is 0 Å². The van der Waals surface area contributed by atoms with Crippen molar-refractivity contribution < 1.29 is 19.4 Å². The van der Waals surface area contributed by atoms with E-state index in [1.54, 1.807) is 4.90 Å². The fraction of sp³-hybridized carbons (Fsp3) is 0.871. The van der Waals surface area contributed by atoms with Crippen LogP contribution >= 0.6 is 0 Å². The summed E-state index contributed by atoms with van der Waals surface area (Å²) in [5, 5.41) is 10.9. The van der Waals surface area contributed by atoms with Crippen LogP contribution in [0.25, 0.3) is 0 Å². The van der Waals surface area contributed by atoms with Crippen molar-refractivity contribution in [1.29, 1.82) is 0 Å². The van der Waals surface area contributed by atoms with E-state index < -0.39 is 0 Å². The molecule has 36 heavy (non-hydrogen) atoms. The maximum absolute atomic E-state index is 12.4. The number of hydrogen-bond donors (Lipinski definition) is 1. The Balaban J connectivity index is 1.37. The van der Waals surface area contributed by atoms with Crippen molar-refractivity contribution >= 4 is 11.7 Å². The molecule has 0 spiro atoms. The Morgan fingerprint density at radius 2 is 1.89 bits per heavy atom. The van der Waals surface area contributed by atoms with E-state index in [-0.39, 0.29) is 22.8 Å². The zero-order chi connectivity index (χ0) is 26.1.